The fourth-order valence-corrected chi connectivity index (χ4v) is 3.71. The minimum atomic E-state index is -0.518. The Hall–Kier alpha value is -2.83. The third-order valence-electron chi connectivity index (χ3n) is 5.26. The number of benzene rings is 1. The van der Waals surface area contributed by atoms with Crippen molar-refractivity contribution in [3.8, 4) is 5.75 Å². The summed E-state index contributed by atoms with van der Waals surface area (Å²) in [5.74, 6) is 0.236. The minimum Gasteiger partial charge on any atom is -0.444 e. The molecule has 1 aliphatic carbocycles. The Morgan fingerprint density at radius 3 is 2.50 bits per heavy atom. The van der Waals surface area contributed by atoms with Crippen molar-refractivity contribution in [1.82, 2.24) is 5.32 Å². The highest BCUT2D eigenvalue weighted by atomic mass is 16.6. The Morgan fingerprint density at radius 2 is 1.83 bits per heavy atom. The van der Waals surface area contributed by atoms with E-state index in [1.807, 2.05) is 27.7 Å². The van der Waals surface area contributed by atoms with Crippen LogP contribution in [0.2, 0.25) is 0 Å². The maximum Gasteiger partial charge on any atom is 0.407 e. The number of carbonyl (C=O) groups excluding carboxylic acids is 2. The molecule has 0 unspecified atom stereocenters. The Kier molecular flexibility index (Phi) is 6.48. The molecular weight excluding hydrogens is 386 g/mol. The van der Waals surface area contributed by atoms with Gasteiger partial charge in [0.1, 0.15) is 16.9 Å². The number of amides is 1. The topological polar surface area (TPSA) is 94.8 Å². The molecule has 162 valence electrons. The van der Waals surface area contributed by atoms with Crippen LogP contribution in [0.4, 0.5) is 4.79 Å². The summed E-state index contributed by atoms with van der Waals surface area (Å²) in [6, 6.07) is 6.52. The third kappa shape index (κ3) is 5.84. The zero-order valence-electron chi connectivity index (χ0n) is 17.9. The first-order valence-electron chi connectivity index (χ1n) is 10.3. The number of esters is 1. The van der Waals surface area contributed by atoms with Gasteiger partial charge < -0.3 is 19.2 Å². The van der Waals surface area contributed by atoms with Crippen LogP contribution < -0.4 is 15.7 Å². The summed E-state index contributed by atoms with van der Waals surface area (Å²) in [5.41, 5.74) is 0.275. The van der Waals surface area contributed by atoms with Gasteiger partial charge >= 0.3 is 17.7 Å². The standard InChI is InChI=1S/C23H29NO6/c1-14-11-20(25)29-19-12-17(9-10-18(14)19)28-21(26)16-7-5-15(6-8-16)13-24-22(27)30-23(2,3)4/h9-12,15-16H,5-8,13H2,1-4H3,(H,24,27). The van der Waals surface area contributed by atoms with Gasteiger partial charge in [-0.05, 0) is 77.0 Å². The molecule has 0 spiro atoms. The number of alkyl carbamates (subject to hydrolysis) is 1. The minimum absolute atomic E-state index is 0.178. The van der Waals surface area contributed by atoms with E-state index in [0.29, 0.717) is 36.6 Å². The average molecular weight is 415 g/mol. The van der Waals surface area contributed by atoms with E-state index in [9.17, 15) is 14.4 Å². The molecule has 1 fully saturated rings. The molecule has 1 aromatic heterocycles. The molecule has 3 rings (SSSR count). The normalized spacial score (nSPS) is 19.3. The lowest BCUT2D eigenvalue weighted by Crippen LogP contribution is -2.36. The van der Waals surface area contributed by atoms with Crippen molar-refractivity contribution >= 4 is 23.0 Å². The van der Waals surface area contributed by atoms with Gasteiger partial charge in [0.2, 0.25) is 0 Å². The maximum absolute atomic E-state index is 12.6. The lowest BCUT2D eigenvalue weighted by Gasteiger charge is -2.28. The van der Waals surface area contributed by atoms with Crippen LogP contribution in [-0.2, 0) is 9.53 Å². The van der Waals surface area contributed by atoms with Crippen molar-refractivity contribution in [2.45, 2.75) is 59.0 Å². The van der Waals surface area contributed by atoms with Crippen LogP contribution >= 0.6 is 0 Å². The lowest BCUT2D eigenvalue weighted by molar-refractivity contribution is -0.140. The largest absolute Gasteiger partial charge is 0.444 e. The molecule has 1 amide bonds. The molecule has 0 aliphatic heterocycles. The second-order valence-corrected chi connectivity index (χ2v) is 8.93. The van der Waals surface area contributed by atoms with Crippen LogP contribution in [0.5, 0.6) is 5.75 Å². The molecule has 0 radical (unpaired) electrons. The first kappa shape index (κ1) is 21.9. The third-order valence-corrected chi connectivity index (χ3v) is 5.26. The van der Waals surface area contributed by atoms with E-state index in [1.54, 1.807) is 18.2 Å². The molecule has 0 saturated heterocycles. The smallest absolute Gasteiger partial charge is 0.407 e. The highest BCUT2D eigenvalue weighted by Gasteiger charge is 2.28. The van der Waals surface area contributed by atoms with Gasteiger partial charge in [-0.1, -0.05) is 0 Å². The van der Waals surface area contributed by atoms with Gasteiger partial charge in [0.15, 0.2) is 0 Å². The number of hydrogen-bond acceptors (Lipinski definition) is 6. The van der Waals surface area contributed by atoms with Crippen molar-refractivity contribution in [3.63, 3.8) is 0 Å². The molecule has 2 aromatic rings. The second kappa shape index (κ2) is 8.90. The van der Waals surface area contributed by atoms with E-state index in [2.05, 4.69) is 5.32 Å². The average Bonchev–Trinajstić information content (AvgIpc) is 2.65. The summed E-state index contributed by atoms with van der Waals surface area (Å²) in [4.78, 5) is 35.9. The molecule has 1 aromatic carbocycles. The summed E-state index contributed by atoms with van der Waals surface area (Å²) >= 11 is 0. The number of rotatable bonds is 4. The van der Waals surface area contributed by atoms with E-state index >= 15 is 0 Å². The first-order chi connectivity index (χ1) is 14.1. The first-order valence-corrected chi connectivity index (χ1v) is 10.3. The molecule has 1 heterocycles. The van der Waals surface area contributed by atoms with Crippen LogP contribution in [0.1, 0.15) is 52.0 Å². The summed E-state index contributed by atoms with van der Waals surface area (Å²) < 4.78 is 16.0. The van der Waals surface area contributed by atoms with E-state index in [4.69, 9.17) is 13.9 Å². The number of ether oxygens (including phenoxy) is 2. The monoisotopic (exact) mass is 415 g/mol. The molecule has 0 atom stereocenters. The van der Waals surface area contributed by atoms with Gasteiger partial charge in [-0.3, -0.25) is 4.79 Å². The molecular formula is C23H29NO6. The van der Waals surface area contributed by atoms with Crippen molar-refractivity contribution in [1.29, 1.82) is 0 Å². The fourth-order valence-electron chi connectivity index (χ4n) is 3.71. The van der Waals surface area contributed by atoms with Crippen molar-refractivity contribution in [2.24, 2.45) is 11.8 Å². The van der Waals surface area contributed by atoms with Gasteiger partial charge in [0, 0.05) is 24.1 Å². The van der Waals surface area contributed by atoms with Crippen molar-refractivity contribution in [3.05, 3.63) is 40.2 Å². The van der Waals surface area contributed by atoms with Crippen LogP contribution in [-0.4, -0.2) is 24.2 Å². The number of carbonyl (C=O) groups is 2. The number of aryl methyl sites for hydroxylation is 1. The summed E-state index contributed by atoms with van der Waals surface area (Å²) in [6.07, 6.45) is 2.67. The Labute approximate surface area is 175 Å². The van der Waals surface area contributed by atoms with Gasteiger partial charge in [-0.25, -0.2) is 9.59 Å². The maximum atomic E-state index is 12.6. The highest BCUT2D eigenvalue weighted by molar-refractivity contribution is 5.83. The molecule has 0 bridgehead atoms. The summed E-state index contributed by atoms with van der Waals surface area (Å²) in [6.45, 7) is 7.86. The molecule has 1 saturated carbocycles. The zero-order valence-corrected chi connectivity index (χ0v) is 17.9. The predicted octanol–water partition coefficient (Wildman–Crippen LogP) is 4.34. The van der Waals surface area contributed by atoms with Crippen molar-refractivity contribution in [2.75, 3.05) is 6.54 Å². The van der Waals surface area contributed by atoms with Crippen molar-refractivity contribution < 1.29 is 23.5 Å². The lowest BCUT2D eigenvalue weighted by atomic mass is 9.82. The quantitative estimate of drug-likeness (QED) is 0.453. The summed E-state index contributed by atoms with van der Waals surface area (Å²) in [7, 11) is 0. The predicted molar refractivity (Wildman–Crippen MR) is 113 cm³/mol. The highest BCUT2D eigenvalue weighted by Crippen LogP contribution is 2.30. The SMILES string of the molecule is Cc1cc(=O)oc2cc(OC(=O)C3CCC(CNC(=O)OC(C)(C)C)CC3)ccc12. The van der Waals surface area contributed by atoms with E-state index in [0.717, 1.165) is 23.8 Å². The number of nitrogens with one attached hydrogen (secondary N) is 1. The van der Waals surface area contributed by atoms with Crippen LogP contribution in [0, 0.1) is 18.8 Å². The van der Waals surface area contributed by atoms with Gasteiger partial charge in [-0.15, -0.1) is 0 Å². The zero-order chi connectivity index (χ0) is 21.9. The Balaban J connectivity index is 1.50. The second-order valence-electron chi connectivity index (χ2n) is 8.93. The van der Waals surface area contributed by atoms with Crippen LogP contribution in [0.25, 0.3) is 11.0 Å². The molecule has 1 aliphatic rings. The molecule has 7 heteroatoms. The molecule has 1 N–H and O–H groups in total. The molecule has 30 heavy (non-hydrogen) atoms. The number of fused-ring (bicyclic) bond motifs is 1. The van der Waals surface area contributed by atoms with Crippen LogP contribution in [0.3, 0.4) is 0 Å². The fraction of sp³-hybridized carbons (Fsp3) is 0.522. The van der Waals surface area contributed by atoms with Crippen LogP contribution in [0.15, 0.2) is 33.5 Å². The van der Waals surface area contributed by atoms with E-state index in [-0.39, 0.29) is 11.9 Å². The number of hydrogen-bond donors (Lipinski definition) is 1. The molecule has 7 nitrogen and oxygen atoms in total. The van der Waals surface area contributed by atoms with E-state index < -0.39 is 17.3 Å². The van der Waals surface area contributed by atoms with Gasteiger partial charge in [0.05, 0.1) is 5.92 Å². The van der Waals surface area contributed by atoms with Gasteiger partial charge in [-0.2, -0.15) is 0 Å². The van der Waals surface area contributed by atoms with E-state index in [1.165, 1.54) is 6.07 Å². The summed E-state index contributed by atoms with van der Waals surface area (Å²) in [5, 5.41) is 3.62. The Morgan fingerprint density at radius 1 is 1.13 bits per heavy atom. The Bertz CT molecular complexity index is 979. The van der Waals surface area contributed by atoms with Gasteiger partial charge in [0.25, 0.3) is 0 Å².